The summed E-state index contributed by atoms with van der Waals surface area (Å²) < 4.78 is 10.9. The lowest BCUT2D eigenvalue weighted by Crippen LogP contribution is -2.27. The van der Waals surface area contributed by atoms with Crippen molar-refractivity contribution in [1.29, 1.82) is 0 Å². The summed E-state index contributed by atoms with van der Waals surface area (Å²) in [5.74, 6) is -0.130. The average molecular weight is 401 g/mol. The highest BCUT2D eigenvalue weighted by atomic mass is 32.2. The number of carboxylic acids is 1. The van der Waals surface area contributed by atoms with Crippen molar-refractivity contribution >= 4 is 51.9 Å². The van der Waals surface area contributed by atoms with Crippen LogP contribution in [0.3, 0.4) is 0 Å². The van der Waals surface area contributed by atoms with Crippen LogP contribution >= 0.6 is 24.0 Å². The fourth-order valence-electron chi connectivity index (χ4n) is 2.54. The first-order valence-electron chi connectivity index (χ1n) is 7.78. The number of hydrogen-bond acceptors (Lipinski definition) is 6. The molecule has 1 aliphatic rings. The van der Waals surface area contributed by atoms with Crippen LogP contribution in [0.4, 0.5) is 5.69 Å². The van der Waals surface area contributed by atoms with Gasteiger partial charge in [0.1, 0.15) is 0 Å². The molecule has 1 aliphatic heterocycles. The summed E-state index contributed by atoms with van der Waals surface area (Å²) in [6.45, 7) is 0. The third-order valence-corrected chi connectivity index (χ3v) is 5.17. The van der Waals surface area contributed by atoms with Gasteiger partial charge in [-0.25, -0.2) is 4.79 Å². The number of carboxylic acid groups (broad SMARTS) is 1. The van der Waals surface area contributed by atoms with E-state index in [1.165, 1.54) is 28.8 Å². The molecule has 1 saturated heterocycles. The smallest absolute Gasteiger partial charge is 0.335 e. The zero-order valence-electron chi connectivity index (χ0n) is 14.5. The maximum absolute atomic E-state index is 12.8. The van der Waals surface area contributed by atoms with Crippen molar-refractivity contribution in [3.05, 3.63) is 58.5 Å². The molecule has 1 N–H and O–H groups in total. The van der Waals surface area contributed by atoms with E-state index in [9.17, 15) is 9.59 Å². The second-order valence-corrected chi connectivity index (χ2v) is 7.16. The molecule has 0 saturated carbocycles. The van der Waals surface area contributed by atoms with Crippen molar-refractivity contribution in [1.82, 2.24) is 0 Å². The number of thiocarbonyl (C=S) groups is 1. The van der Waals surface area contributed by atoms with Gasteiger partial charge in [0.25, 0.3) is 5.91 Å². The Labute approximate surface area is 165 Å². The Kier molecular flexibility index (Phi) is 5.48. The molecule has 138 valence electrons. The molecule has 6 nitrogen and oxygen atoms in total. The predicted molar refractivity (Wildman–Crippen MR) is 109 cm³/mol. The van der Waals surface area contributed by atoms with Crippen molar-refractivity contribution in [3.8, 4) is 11.5 Å². The number of hydrogen-bond donors (Lipinski definition) is 1. The van der Waals surface area contributed by atoms with Gasteiger partial charge in [0.2, 0.25) is 0 Å². The number of amides is 1. The van der Waals surface area contributed by atoms with Gasteiger partial charge in [-0.15, -0.1) is 0 Å². The van der Waals surface area contributed by atoms with Gasteiger partial charge in [-0.3, -0.25) is 9.69 Å². The molecule has 1 amide bonds. The van der Waals surface area contributed by atoms with Gasteiger partial charge in [-0.05, 0) is 48.0 Å². The largest absolute Gasteiger partial charge is 0.493 e. The second-order valence-electron chi connectivity index (χ2n) is 5.48. The van der Waals surface area contributed by atoms with Crippen LogP contribution in [0.5, 0.6) is 11.5 Å². The lowest BCUT2D eigenvalue weighted by atomic mass is 10.1. The van der Waals surface area contributed by atoms with Crippen LogP contribution in [-0.2, 0) is 4.79 Å². The Morgan fingerprint density at radius 1 is 1.11 bits per heavy atom. The van der Waals surface area contributed by atoms with Gasteiger partial charge in [0, 0.05) is 0 Å². The van der Waals surface area contributed by atoms with Gasteiger partial charge in [-0.1, -0.05) is 30.0 Å². The first kappa shape index (κ1) is 18.9. The van der Waals surface area contributed by atoms with Gasteiger partial charge in [-0.2, -0.15) is 0 Å². The number of aromatic carboxylic acids is 1. The van der Waals surface area contributed by atoms with Crippen LogP contribution < -0.4 is 14.4 Å². The van der Waals surface area contributed by atoms with Crippen LogP contribution in [0.1, 0.15) is 15.9 Å². The SMILES string of the molecule is COc1ccc(C=C2SC(=S)N(c3ccc(C(=O)O)cc3)C2=O)cc1OC. The minimum absolute atomic E-state index is 0.144. The summed E-state index contributed by atoms with van der Waals surface area (Å²) in [6.07, 6.45) is 1.73. The molecule has 0 radical (unpaired) electrons. The van der Waals surface area contributed by atoms with Crippen LogP contribution in [0, 0.1) is 0 Å². The molecule has 8 heteroatoms. The third-order valence-electron chi connectivity index (χ3n) is 3.87. The fourth-order valence-corrected chi connectivity index (χ4v) is 3.84. The van der Waals surface area contributed by atoms with Gasteiger partial charge < -0.3 is 14.6 Å². The standard InChI is InChI=1S/C19H15NO5S2/c1-24-14-8-3-11(9-15(14)25-2)10-16-17(21)20(19(26)27-16)13-6-4-12(5-7-13)18(22)23/h3-10H,1-2H3,(H,22,23). The number of ether oxygens (including phenoxy) is 2. The summed E-state index contributed by atoms with van der Waals surface area (Å²) in [7, 11) is 3.10. The van der Waals surface area contributed by atoms with E-state index in [4.69, 9.17) is 26.8 Å². The molecule has 0 bridgehead atoms. The number of rotatable bonds is 5. The topological polar surface area (TPSA) is 76.1 Å². The highest BCUT2D eigenvalue weighted by molar-refractivity contribution is 8.27. The van der Waals surface area contributed by atoms with E-state index in [1.807, 2.05) is 6.07 Å². The quantitative estimate of drug-likeness (QED) is 0.603. The number of methoxy groups -OCH3 is 2. The number of thioether (sulfide) groups is 1. The minimum Gasteiger partial charge on any atom is -0.493 e. The zero-order valence-corrected chi connectivity index (χ0v) is 16.1. The summed E-state index contributed by atoms with van der Waals surface area (Å²) >= 11 is 6.52. The Morgan fingerprint density at radius 3 is 2.37 bits per heavy atom. The molecule has 0 aromatic heterocycles. The molecule has 2 aromatic carbocycles. The number of anilines is 1. The molecule has 0 spiro atoms. The van der Waals surface area contributed by atoms with E-state index in [2.05, 4.69) is 0 Å². The zero-order chi connectivity index (χ0) is 19.6. The van der Waals surface area contributed by atoms with Crippen LogP contribution in [0.2, 0.25) is 0 Å². The number of benzene rings is 2. The summed E-state index contributed by atoms with van der Waals surface area (Å²) in [6, 6.07) is 11.3. The normalized spacial score (nSPS) is 15.3. The molecule has 27 heavy (non-hydrogen) atoms. The number of carbonyl (C=O) groups excluding carboxylic acids is 1. The Balaban J connectivity index is 1.89. The second kappa shape index (κ2) is 7.81. The monoisotopic (exact) mass is 401 g/mol. The molecular formula is C19H15NO5S2. The van der Waals surface area contributed by atoms with Gasteiger partial charge in [0.05, 0.1) is 30.4 Å². The van der Waals surface area contributed by atoms with Crippen LogP contribution in [0.25, 0.3) is 6.08 Å². The average Bonchev–Trinajstić information content (AvgIpc) is 2.94. The van der Waals surface area contributed by atoms with Crippen LogP contribution in [0.15, 0.2) is 47.4 Å². The Hall–Kier alpha value is -2.84. The highest BCUT2D eigenvalue weighted by Crippen LogP contribution is 2.37. The predicted octanol–water partition coefficient (Wildman–Crippen LogP) is 3.81. The van der Waals surface area contributed by atoms with Crippen molar-refractivity contribution in [2.24, 2.45) is 0 Å². The Bertz CT molecular complexity index is 953. The van der Waals surface area contributed by atoms with E-state index in [1.54, 1.807) is 44.6 Å². The molecule has 1 fully saturated rings. The van der Waals surface area contributed by atoms with Gasteiger partial charge in [0.15, 0.2) is 15.8 Å². The number of carbonyl (C=O) groups is 2. The summed E-state index contributed by atoms with van der Waals surface area (Å²) in [5.41, 5.74) is 1.44. The van der Waals surface area contributed by atoms with E-state index in [0.717, 1.165) is 5.56 Å². The highest BCUT2D eigenvalue weighted by Gasteiger charge is 2.33. The molecule has 0 atom stereocenters. The summed E-state index contributed by atoms with van der Waals surface area (Å²) in [5, 5.41) is 8.99. The minimum atomic E-state index is -1.03. The van der Waals surface area contributed by atoms with Crippen molar-refractivity contribution in [2.75, 3.05) is 19.1 Å². The molecule has 0 unspecified atom stereocenters. The van der Waals surface area contributed by atoms with Crippen LogP contribution in [-0.4, -0.2) is 35.5 Å². The Morgan fingerprint density at radius 2 is 1.78 bits per heavy atom. The molecule has 2 aromatic rings. The third kappa shape index (κ3) is 3.81. The molecule has 0 aliphatic carbocycles. The van der Waals surface area contributed by atoms with E-state index in [-0.39, 0.29) is 11.5 Å². The van der Waals surface area contributed by atoms with Crippen molar-refractivity contribution < 1.29 is 24.2 Å². The summed E-state index contributed by atoms with van der Waals surface area (Å²) in [4.78, 5) is 25.6. The maximum Gasteiger partial charge on any atom is 0.335 e. The van der Waals surface area contributed by atoms with E-state index >= 15 is 0 Å². The lowest BCUT2D eigenvalue weighted by molar-refractivity contribution is -0.113. The van der Waals surface area contributed by atoms with E-state index < -0.39 is 5.97 Å². The van der Waals surface area contributed by atoms with Crippen molar-refractivity contribution in [3.63, 3.8) is 0 Å². The first-order chi connectivity index (χ1) is 12.9. The first-order valence-corrected chi connectivity index (χ1v) is 9.00. The van der Waals surface area contributed by atoms with Gasteiger partial charge >= 0.3 is 5.97 Å². The lowest BCUT2D eigenvalue weighted by Gasteiger charge is -2.14. The molecule has 3 rings (SSSR count). The molecule has 1 heterocycles. The maximum atomic E-state index is 12.8. The molecular weight excluding hydrogens is 386 g/mol. The number of nitrogens with zero attached hydrogens (tertiary/aromatic N) is 1. The van der Waals surface area contributed by atoms with E-state index in [0.29, 0.717) is 26.4 Å². The van der Waals surface area contributed by atoms with Crippen molar-refractivity contribution in [2.45, 2.75) is 0 Å². The fraction of sp³-hybridized carbons (Fsp3) is 0.105.